The van der Waals surface area contributed by atoms with E-state index in [4.69, 9.17) is 10.5 Å². The zero-order valence-corrected chi connectivity index (χ0v) is 21.7. The highest BCUT2D eigenvalue weighted by atomic mass is 16.5. The first kappa shape index (κ1) is 27.1. The summed E-state index contributed by atoms with van der Waals surface area (Å²) < 4.78 is 5.96. The van der Waals surface area contributed by atoms with E-state index in [0.29, 0.717) is 41.6 Å². The molecule has 4 N–H and O–H groups in total. The molecule has 7 heteroatoms. The van der Waals surface area contributed by atoms with Crippen LogP contribution in [0.1, 0.15) is 48.5 Å². The molecule has 1 atom stereocenters. The highest BCUT2D eigenvalue weighted by Crippen LogP contribution is 2.28. The van der Waals surface area contributed by atoms with Gasteiger partial charge in [-0.1, -0.05) is 30.3 Å². The molecule has 2 amide bonds. The third kappa shape index (κ3) is 7.52. The number of anilines is 1. The van der Waals surface area contributed by atoms with E-state index in [-0.39, 0.29) is 23.5 Å². The Hall–Kier alpha value is -3.97. The molecule has 1 aliphatic rings. The zero-order valence-electron chi connectivity index (χ0n) is 21.7. The number of carbonyl (C=O) groups excluding carboxylic acids is 3. The number of ketones is 1. The SMILES string of the molecule is CC(=O)c1ccc(NC(=O)C(Cc2cccc(Oc3ccccc3)c2)NC(=O)C2CCC(CN)CC2)cc1. The molecule has 0 bridgehead atoms. The van der Waals surface area contributed by atoms with E-state index in [9.17, 15) is 14.4 Å². The highest BCUT2D eigenvalue weighted by Gasteiger charge is 2.29. The van der Waals surface area contributed by atoms with Crippen molar-refractivity contribution in [2.75, 3.05) is 11.9 Å². The lowest BCUT2D eigenvalue weighted by Gasteiger charge is -2.28. The number of nitrogens with one attached hydrogen (secondary N) is 2. The number of hydrogen-bond acceptors (Lipinski definition) is 5. The second kappa shape index (κ2) is 13.0. The summed E-state index contributed by atoms with van der Waals surface area (Å²) in [5, 5.41) is 5.90. The molecule has 1 fully saturated rings. The number of para-hydroxylation sites is 1. The zero-order chi connectivity index (χ0) is 26.9. The molecular weight excluding hydrogens is 478 g/mol. The van der Waals surface area contributed by atoms with Crippen molar-refractivity contribution in [2.24, 2.45) is 17.6 Å². The normalized spacial score (nSPS) is 17.7. The van der Waals surface area contributed by atoms with Gasteiger partial charge in [0, 0.05) is 23.6 Å². The maximum atomic E-state index is 13.4. The Morgan fingerprint density at radius 2 is 1.58 bits per heavy atom. The standard InChI is InChI=1S/C31H35N3O4/c1-21(35)24-14-16-26(17-15-24)33-31(37)29(34-30(36)25-12-10-22(20-32)11-13-25)19-23-6-5-9-28(18-23)38-27-7-3-2-4-8-27/h2-9,14-18,22,25,29H,10-13,19-20,32H2,1H3,(H,33,37)(H,34,36). The maximum absolute atomic E-state index is 13.4. The van der Waals surface area contributed by atoms with Crippen LogP contribution in [0.2, 0.25) is 0 Å². The van der Waals surface area contributed by atoms with Crippen molar-refractivity contribution in [3.05, 3.63) is 90.0 Å². The summed E-state index contributed by atoms with van der Waals surface area (Å²) in [6.07, 6.45) is 3.69. The minimum absolute atomic E-state index is 0.0463. The van der Waals surface area contributed by atoms with Crippen LogP contribution in [0.3, 0.4) is 0 Å². The molecule has 3 aromatic rings. The Bertz CT molecular complexity index is 1240. The average Bonchev–Trinajstić information content (AvgIpc) is 2.93. The third-order valence-electron chi connectivity index (χ3n) is 7.06. The van der Waals surface area contributed by atoms with Gasteiger partial charge in [0.25, 0.3) is 0 Å². The van der Waals surface area contributed by atoms with Gasteiger partial charge >= 0.3 is 0 Å². The molecule has 7 nitrogen and oxygen atoms in total. The lowest BCUT2D eigenvalue weighted by Crippen LogP contribution is -2.48. The van der Waals surface area contributed by atoms with E-state index < -0.39 is 6.04 Å². The third-order valence-corrected chi connectivity index (χ3v) is 7.06. The van der Waals surface area contributed by atoms with Gasteiger partial charge in [-0.2, -0.15) is 0 Å². The maximum Gasteiger partial charge on any atom is 0.247 e. The molecule has 0 aliphatic heterocycles. The van der Waals surface area contributed by atoms with Crippen molar-refractivity contribution in [1.29, 1.82) is 0 Å². The summed E-state index contributed by atoms with van der Waals surface area (Å²) in [6.45, 7) is 2.14. The summed E-state index contributed by atoms with van der Waals surface area (Å²) in [5.41, 5.74) is 7.79. The molecule has 4 rings (SSSR count). The Labute approximate surface area is 223 Å². The lowest BCUT2D eigenvalue weighted by molar-refractivity contribution is -0.130. The van der Waals surface area contributed by atoms with Crippen LogP contribution in [-0.2, 0) is 16.0 Å². The fourth-order valence-electron chi connectivity index (χ4n) is 4.77. The van der Waals surface area contributed by atoms with Crippen LogP contribution in [0, 0.1) is 11.8 Å². The monoisotopic (exact) mass is 513 g/mol. The minimum atomic E-state index is -0.783. The van der Waals surface area contributed by atoms with Gasteiger partial charge in [0.15, 0.2) is 5.78 Å². The number of benzene rings is 3. The number of ether oxygens (including phenoxy) is 1. The largest absolute Gasteiger partial charge is 0.457 e. The molecule has 0 saturated heterocycles. The summed E-state index contributed by atoms with van der Waals surface area (Å²) in [4.78, 5) is 38.2. The van der Waals surface area contributed by atoms with Crippen LogP contribution in [0.25, 0.3) is 0 Å². The first-order valence-electron chi connectivity index (χ1n) is 13.2. The number of Topliss-reactive ketones (excluding diaryl/α,β-unsaturated/α-hetero) is 1. The molecule has 0 heterocycles. The van der Waals surface area contributed by atoms with Gasteiger partial charge in [-0.15, -0.1) is 0 Å². The van der Waals surface area contributed by atoms with Crippen LogP contribution in [0.5, 0.6) is 11.5 Å². The molecule has 1 saturated carbocycles. The van der Waals surface area contributed by atoms with E-state index in [1.807, 2.05) is 54.6 Å². The molecule has 198 valence electrons. The van der Waals surface area contributed by atoms with E-state index in [2.05, 4.69) is 10.6 Å². The molecular formula is C31H35N3O4. The highest BCUT2D eigenvalue weighted by molar-refractivity contribution is 5.98. The Kier molecular flexibility index (Phi) is 9.27. The Morgan fingerprint density at radius 3 is 2.24 bits per heavy atom. The number of amides is 2. The average molecular weight is 514 g/mol. The second-order valence-corrected chi connectivity index (χ2v) is 9.90. The van der Waals surface area contributed by atoms with Crippen LogP contribution >= 0.6 is 0 Å². The van der Waals surface area contributed by atoms with Crippen molar-refractivity contribution in [2.45, 2.75) is 45.1 Å². The van der Waals surface area contributed by atoms with Gasteiger partial charge in [0.1, 0.15) is 17.5 Å². The summed E-state index contributed by atoms with van der Waals surface area (Å²) in [6, 6.07) is 22.9. The molecule has 1 aliphatic carbocycles. The number of nitrogens with two attached hydrogens (primary N) is 1. The van der Waals surface area contributed by atoms with E-state index in [1.54, 1.807) is 24.3 Å². The lowest BCUT2D eigenvalue weighted by atomic mass is 9.81. The van der Waals surface area contributed by atoms with Gasteiger partial charge in [0.2, 0.25) is 11.8 Å². The number of hydrogen-bond donors (Lipinski definition) is 3. The van der Waals surface area contributed by atoms with Crippen LogP contribution < -0.4 is 21.1 Å². The van der Waals surface area contributed by atoms with Gasteiger partial charge in [-0.25, -0.2) is 0 Å². The predicted octanol–water partition coefficient (Wildman–Crippen LogP) is 5.11. The van der Waals surface area contributed by atoms with Gasteiger partial charge in [-0.05, 0) is 99.2 Å². The van der Waals surface area contributed by atoms with Crippen molar-refractivity contribution in [3.63, 3.8) is 0 Å². The molecule has 0 spiro atoms. The molecule has 3 aromatic carbocycles. The quantitative estimate of drug-likeness (QED) is 0.326. The number of rotatable bonds is 10. The van der Waals surface area contributed by atoms with Crippen molar-refractivity contribution in [3.8, 4) is 11.5 Å². The summed E-state index contributed by atoms with van der Waals surface area (Å²) in [7, 11) is 0. The van der Waals surface area contributed by atoms with Gasteiger partial charge in [-0.3, -0.25) is 14.4 Å². The Balaban J connectivity index is 1.49. The van der Waals surface area contributed by atoms with Crippen molar-refractivity contribution < 1.29 is 19.1 Å². The second-order valence-electron chi connectivity index (χ2n) is 9.90. The first-order valence-corrected chi connectivity index (χ1v) is 13.2. The fourth-order valence-corrected chi connectivity index (χ4v) is 4.77. The smallest absolute Gasteiger partial charge is 0.247 e. The van der Waals surface area contributed by atoms with E-state index in [0.717, 1.165) is 31.2 Å². The van der Waals surface area contributed by atoms with Gasteiger partial charge in [0.05, 0.1) is 0 Å². The molecule has 1 unspecified atom stereocenters. The summed E-state index contributed by atoms with van der Waals surface area (Å²) >= 11 is 0. The van der Waals surface area contributed by atoms with E-state index >= 15 is 0 Å². The van der Waals surface area contributed by atoms with Crippen LogP contribution in [-0.4, -0.2) is 30.2 Å². The first-order chi connectivity index (χ1) is 18.4. The predicted molar refractivity (Wildman–Crippen MR) is 148 cm³/mol. The van der Waals surface area contributed by atoms with E-state index in [1.165, 1.54) is 6.92 Å². The molecule has 0 aromatic heterocycles. The van der Waals surface area contributed by atoms with Gasteiger partial charge < -0.3 is 21.1 Å². The number of carbonyl (C=O) groups is 3. The molecule has 38 heavy (non-hydrogen) atoms. The minimum Gasteiger partial charge on any atom is -0.457 e. The van der Waals surface area contributed by atoms with Crippen LogP contribution in [0.15, 0.2) is 78.9 Å². The van der Waals surface area contributed by atoms with Crippen LogP contribution in [0.4, 0.5) is 5.69 Å². The topological polar surface area (TPSA) is 111 Å². The fraction of sp³-hybridized carbons (Fsp3) is 0.323. The van der Waals surface area contributed by atoms with Crippen molar-refractivity contribution >= 4 is 23.3 Å². The Morgan fingerprint density at radius 1 is 0.895 bits per heavy atom. The van der Waals surface area contributed by atoms with Crippen molar-refractivity contribution in [1.82, 2.24) is 5.32 Å². The summed E-state index contributed by atoms with van der Waals surface area (Å²) in [5.74, 6) is 1.23. The molecule has 0 radical (unpaired) electrons.